The summed E-state index contributed by atoms with van der Waals surface area (Å²) in [5.74, 6) is -0.851. The molecule has 2 unspecified atom stereocenters. The fraction of sp³-hybridized carbons (Fsp3) is 0.500. The first kappa shape index (κ1) is 23.4. The minimum Gasteiger partial charge on any atom is -0.478 e. The Bertz CT molecular complexity index is 1010. The molecular weight excluding hydrogens is 569 g/mol. The van der Waals surface area contributed by atoms with Crippen LogP contribution in [0.5, 0.6) is 0 Å². The predicted molar refractivity (Wildman–Crippen MR) is 136 cm³/mol. The number of carboxylic acids is 1. The fourth-order valence-electron chi connectivity index (χ4n) is 3.84. The quantitative estimate of drug-likeness (QED) is 0.546. The molecule has 2 aliphatic rings. The molecule has 2 atom stereocenters. The van der Waals surface area contributed by atoms with Gasteiger partial charge in [0.1, 0.15) is 0 Å². The van der Waals surface area contributed by atoms with E-state index in [1.165, 1.54) is 41.7 Å². The van der Waals surface area contributed by atoms with E-state index in [9.17, 15) is 9.90 Å². The van der Waals surface area contributed by atoms with Crippen LogP contribution >= 0.6 is 15.9 Å². The number of halogens is 1. The smallest absolute Gasteiger partial charge is 0.336 e. The third-order valence-electron chi connectivity index (χ3n) is 4.81. The highest BCUT2D eigenvalue weighted by Gasteiger charge is 2.53. The number of carbonyl (C=O) groups is 1. The Kier molecular flexibility index (Phi) is 9.25. The van der Waals surface area contributed by atoms with Crippen LogP contribution in [-0.2, 0) is 95.4 Å². The van der Waals surface area contributed by atoms with Crippen LogP contribution in [0.15, 0.2) is 16.6 Å². The maximum atomic E-state index is 11.2. The predicted octanol–water partition coefficient (Wildman–Crippen LogP) is 3.84. The highest BCUT2D eigenvalue weighted by atomic mass is 79.9. The number of benzene rings is 1. The number of hydrogen-bond acceptors (Lipinski definition) is 3. The van der Waals surface area contributed by atoms with Crippen molar-refractivity contribution in [2.75, 3.05) is 0 Å². The molecule has 0 heterocycles. The molecule has 0 spiro atoms. The van der Waals surface area contributed by atoms with E-state index in [2.05, 4.69) is 52.2 Å². The van der Waals surface area contributed by atoms with Gasteiger partial charge in [0.05, 0.1) is 5.56 Å². The van der Waals surface area contributed by atoms with Gasteiger partial charge in [-0.15, -0.1) is 0 Å². The summed E-state index contributed by atoms with van der Waals surface area (Å²) in [7, 11) is 10.9. The zero-order valence-corrected chi connectivity index (χ0v) is 22.6. The maximum absolute atomic E-state index is 11.2. The van der Waals surface area contributed by atoms with Crippen LogP contribution < -0.4 is 0 Å². The van der Waals surface area contributed by atoms with Crippen LogP contribution in [0.3, 0.4) is 0 Å². The second-order valence-electron chi connectivity index (χ2n) is 6.46. The van der Waals surface area contributed by atoms with Crippen molar-refractivity contribution in [1.82, 2.24) is 0 Å². The lowest BCUT2D eigenvalue weighted by atomic mass is 9.77. The topological polar surface area (TPSA) is 37.3 Å². The van der Waals surface area contributed by atoms with Gasteiger partial charge in [0.2, 0.25) is 0 Å². The second-order valence-corrected chi connectivity index (χ2v) is 19.7. The van der Waals surface area contributed by atoms with E-state index in [1.54, 1.807) is 44.4 Å². The Balaban J connectivity index is 0.000000232. The number of rotatable bonds is 1. The lowest BCUT2D eigenvalue weighted by molar-refractivity contribution is 0.0695. The van der Waals surface area contributed by atoms with Gasteiger partial charge in [-0.25, -0.2) is 4.79 Å². The molecule has 0 radical (unpaired) electrons. The summed E-state index contributed by atoms with van der Waals surface area (Å²) < 4.78 is 0.709. The zero-order chi connectivity index (χ0) is 19.4. The summed E-state index contributed by atoms with van der Waals surface area (Å²) in [6, 6.07) is 3.91. The van der Waals surface area contributed by atoms with Crippen LogP contribution in [0, 0.1) is 0 Å². The molecule has 1 N–H and O–H groups in total. The van der Waals surface area contributed by atoms with E-state index < -0.39 is 5.97 Å². The normalized spacial score (nSPS) is 24.4. The van der Waals surface area contributed by atoms with Crippen LogP contribution in [0.4, 0.5) is 0 Å². The highest BCUT2D eigenvalue weighted by molar-refractivity contribution is 9.10. The summed E-state index contributed by atoms with van der Waals surface area (Å²) in [5.41, 5.74) is 3.44. The first-order chi connectivity index (χ1) is 12.3. The van der Waals surface area contributed by atoms with Gasteiger partial charge >= 0.3 is 5.97 Å². The Labute approximate surface area is 191 Å². The van der Waals surface area contributed by atoms with Crippen molar-refractivity contribution in [2.45, 2.75) is 43.9 Å². The van der Waals surface area contributed by atoms with Crippen molar-refractivity contribution in [3.05, 3.63) is 33.3 Å². The van der Waals surface area contributed by atoms with Crippen molar-refractivity contribution in [1.29, 1.82) is 0 Å². The Morgan fingerprint density at radius 1 is 1.00 bits per heavy atom. The first-order valence-electron chi connectivity index (χ1n) is 7.27. The van der Waals surface area contributed by atoms with E-state index in [-0.39, 0.29) is 10.8 Å². The average Bonchev–Trinajstić information content (AvgIpc) is 3.02. The number of fused-ring (bicyclic) bond motifs is 5. The minimum absolute atomic E-state index is 0.189. The standard InChI is InChI=1S/C14H15BrO2.S9/c1-13-3-4-14(2,7-13)10-6-11(15)8(12(16)17)5-9(10)13;1-3-5-7-9-8-6-4-2/h5-6H,3-4,7H2,1-2H3,(H,16,17);. The molecule has 2 nitrogen and oxygen atoms in total. The molecule has 0 amide bonds. The molecular formula is C14H15BrO2S9. The van der Waals surface area contributed by atoms with Crippen LogP contribution in [-0.4, -0.2) is 11.1 Å². The Hall–Kier alpha value is 1.15. The van der Waals surface area contributed by atoms with Crippen molar-refractivity contribution in [2.24, 2.45) is 0 Å². The molecule has 1 aromatic rings. The van der Waals surface area contributed by atoms with Gasteiger partial charge in [-0.2, -0.15) is 0 Å². The highest BCUT2D eigenvalue weighted by Crippen LogP contribution is 2.60. The molecule has 0 aromatic heterocycles. The average molecular weight is 584 g/mol. The fourth-order valence-corrected chi connectivity index (χ4v) is 18.1. The van der Waals surface area contributed by atoms with Crippen LogP contribution in [0.2, 0.25) is 0 Å². The maximum Gasteiger partial charge on any atom is 0.336 e. The van der Waals surface area contributed by atoms with E-state index in [0.717, 1.165) is 6.42 Å². The Morgan fingerprint density at radius 3 is 1.92 bits per heavy atom. The van der Waals surface area contributed by atoms with Crippen LogP contribution in [0.25, 0.3) is 0 Å². The molecule has 0 aliphatic heterocycles. The molecule has 26 heavy (non-hydrogen) atoms. The van der Waals surface area contributed by atoms with Gasteiger partial charge < -0.3 is 5.11 Å². The van der Waals surface area contributed by atoms with Crippen molar-refractivity contribution < 1.29 is 9.90 Å². The molecule has 1 aromatic carbocycles. The van der Waals surface area contributed by atoms with Gasteiger partial charge in [-0.3, -0.25) is 0 Å². The van der Waals surface area contributed by atoms with Crippen LogP contribution in [0.1, 0.15) is 54.6 Å². The summed E-state index contributed by atoms with van der Waals surface area (Å²) in [6.45, 7) is 4.57. The Morgan fingerprint density at radius 2 is 1.46 bits per heavy atom. The summed E-state index contributed by atoms with van der Waals surface area (Å²) in [6.07, 6.45) is 3.55. The van der Waals surface area contributed by atoms with Gasteiger partial charge in [-0.05, 0) is 69.3 Å². The van der Waals surface area contributed by atoms with E-state index in [0.29, 0.717) is 10.0 Å². The SMILES string of the molecule is CC12CCC(C)(C1)c1cc(C(=O)O)c(Br)cc12.S=S=S=S=S=S=S=S=S. The minimum atomic E-state index is -0.851. The van der Waals surface area contributed by atoms with Crippen molar-refractivity contribution in [3.8, 4) is 0 Å². The molecule has 1 saturated carbocycles. The molecule has 2 bridgehead atoms. The van der Waals surface area contributed by atoms with Gasteiger partial charge in [0.25, 0.3) is 0 Å². The third kappa shape index (κ3) is 5.39. The van der Waals surface area contributed by atoms with E-state index in [1.807, 2.05) is 12.1 Å². The lowest BCUT2D eigenvalue weighted by Gasteiger charge is -2.27. The summed E-state index contributed by atoms with van der Waals surface area (Å²) in [4.78, 5) is 11.2. The van der Waals surface area contributed by atoms with Gasteiger partial charge in [0, 0.05) is 89.0 Å². The monoisotopic (exact) mass is 582 g/mol. The zero-order valence-electron chi connectivity index (χ0n) is 13.7. The lowest BCUT2D eigenvalue weighted by Crippen LogP contribution is -2.19. The summed E-state index contributed by atoms with van der Waals surface area (Å²) >= 11 is 12.7. The largest absolute Gasteiger partial charge is 0.478 e. The molecule has 2 aliphatic carbocycles. The van der Waals surface area contributed by atoms with Crippen molar-refractivity contribution in [3.63, 3.8) is 0 Å². The second kappa shape index (κ2) is 10.3. The number of hydrogen-bond donors (Lipinski definition) is 1. The molecule has 1 fully saturated rings. The van der Waals surface area contributed by atoms with E-state index >= 15 is 0 Å². The van der Waals surface area contributed by atoms with Gasteiger partial charge in [0.15, 0.2) is 0 Å². The number of carboxylic acid groups (broad SMARTS) is 1. The van der Waals surface area contributed by atoms with Crippen molar-refractivity contribution >= 4 is 106 Å². The first-order valence-corrected chi connectivity index (χ1v) is 18.7. The molecule has 0 saturated heterocycles. The summed E-state index contributed by atoms with van der Waals surface area (Å²) in [5, 5.41) is 9.19. The molecule has 144 valence electrons. The number of aromatic carboxylic acids is 1. The van der Waals surface area contributed by atoms with E-state index in [4.69, 9.17) is 0 Å². The molecule has 12 heteroatoms. The third-order valence-corrected chi connectivity index (χ3v) is 18.8. The molecule has 3 rings (SSSR count). The van der Waals surface area contributed by atoms with Gasteiger partial charge in [-0.1, -0.05) is 13.8 Å².